The number of carbonyl (C=O) groups is 1. The lowest BCUT2D eigenvalue weighted by molar-refractivity contribution is 0.102. The van der Waals surface area contributed by atoms with Gasteiger partial charge in [0.1, 0.15) is 5.56 Å². The highest BCUT2D eigenvalue weighted by Crippen LogP contribution is 2.19. The third-order valence-electron chi connectivity index (χ3n) is 2.22. The fraction of sp³-hybridized carbons (Fsp3) is 0.0909. The van der Waals surface area contributed by atoms with E-state index < -0.39 is 0 Å². The van der Waals surface area contributed by atoms with Crippen molar-refractivity contribution in [1.82, 2.24) is 5.16 Å². The zero-order valence-electron chi connectivity index (χ0n) is 9.03. The topological polar surface area (TPSA) is 81.2 Å². The van der Waals surface area contributed by atoms with Gasteiger partial charge in [0, 0.05) is 10.2 Å². The zero-order valence-corrected chi connectivity index (χ0v) is 10.6. The second kappa shape index (κ2) is 4.58. The van der Waals surface area contributed by atoms with Crippen LogP contribution in [0.3, 0.4) is 0 Å². The molecule has 1 heterocycles. The van der Waals surface area contributed by atoms with Crippen molar-refractivity contribution in [3.8, 4) is 0 Å². The van der Waals surface area contributed by atoms with Gasteiger partial charge in [-0.1, -0.05) is 21.1 Å². The number of aromatic nitrogens is 1. The molecule has 17 heavy (non-hydrogen) atoms. The summed E-state index contributed by atoms with van der Waals surface area (Å²) in [4.78, 5) is 11.9. The predicted molar refractivity (Wildman–Crippen MR) is 67.7 cm³/mol. The minimum absolute atomic E-state index is 0.0251. The summed E-state index contributed by atoms with van der Waals surface area (Å²) in [7, 11) is 0. The Kier molecular flexibility index (Phi) is 3.14. The third-order valence-corrected chi connectivity index (χ3v) is 2.75. The van der Waals surface area contributed by atoms with Crippen molar-refractivity contribution in [2.24, 2.45) is 0 Å². The number of halogens is 1. The molecule has 2 aromatic rings. The summed E-state index contributed by atoms with van der Waals surface area (Å²) in [5.74, 6) is -0.305. The van der Waals surface area contributed by atoms with Crippen molar-refractivity contribution < 1.29 is 9.32 Å². The molecule has 3 N–H and O–H groups in total. The Bertz CT molecular complexity index is 529. The van der Waals surface area contributed by atoms with Gasteiger partial charge >= 0.3 is 0 Å². The Labute approximate surface area is 106 Å². The molecule has 0 aliphatic carbocycles. The number of nitrogens with zero attached hydrogens (tertiary/aromatic N) is 1. The van der Waals surface area contributed by atoms with Crippen molar-refractivity contribution in [2.75, 3.05) is 11.1 Å². The lowest BCUT2D eigenvalue weighted by Crippen LogP contribution is -2.13. The lowest BCUT2D eigenvalue weighted by atomic mass is 10.2. The van der Waals surface area contributed by atoms with Crippen molar-refractivity contribution in [1.29, 1.82) is 0 Å². The zero-order chi connectivity index (χ0) is 12.4. The standard InChI is InChI=1S/C11H10BrN3O2/c1-6-9(10(13)17-15-6)11(16)14-8-4-2-7(12)3-5-8/h2-5H,13H2,1H3,(H,14,16). The van der Waals surface area contributed by atoms with Crippen LogP contribution in [-0.4, -0.2) is 11.1 Å². The highest BCUT2D eigenvalue weighted by molar-refractivity contribution is 9.10. The van der Waals surface area contributed by atoms with Crippen molar-refractivity contribution >= 4 is 33.4 Å². The van der Waals surface area contributed by atoms with E-state index in [-0.39, 0.29) is 17.4 Å². The Morgan fingerprint density at radius 2 is 2.06 bits per heavy atom. The molecule has 1 amide bonds. The van der Waals surface area contributed by atoms with Gasteiger partial charge in [0.25, 0.3) is 5.91 Å². The quantitative estimate of drug-likeness (QED) is 0.892. The molecule has 0 aliphatic rings. The Morgan fingerprint density at radius 1 is 1.41 bits per heavy atom. The SMILES string of the molecule is Cc1noc(N)c1C(=O)Nc1ccc(Br)cc1. The van der Waals surface area contributed by atoms with Crippen molar-refractivity contribution in [3.63, 3.8) is 0 Å². The van der Waals surface area contributed by atoms with E-state index in [4.69, 9.17) is 10.3 Å². The Balaban J connectivity index is 2.20. The van der Waals surface area contributed by atoms with Crippen molar-refractivity contribution in [2.45, 2.75) is 6.92 Å². The largest absolute Gasteiger partial charge is 0.367 e. The number of nitrogens with two attached hydrogens (primary N) is 1. The number of rotatable bonds is 2. The van der Waals surface area contributed by atoms with Gasteiger partial charge in [-0.3, -0.25) is 4.79 Å². The van der Waals surface area contributed by atoms with Crippen LogP contribution in [0.4, 0.5) is 11.6 Å². The van der Waals surface area contributed by atoms with E-state index >= 15 is 0 Å². The van der Waals surface area contributed by atoms with Crippen LogP contribution in [0.25, 0.3) is 0 Å². The molecule has 1 aromatic carbocycles. The van der Waals surface area contributed by atoms with Crippen LogP contribution >= 0.6 is 15.9 Å². The molecule has 1 aromatic heterocycles. The van der Waals surface area contributed by atoms with Crippen LogP contribution in [-0.2, 0) is 0 Å². The van der Waals surface area contributed by atoms with E-state index in [2.05, 4.69) is 26.4 Å². The number of nitrogens with one attached hydrogen (secondary N) is 1. The second-order valence-corrected chi connectivity index (χ2v) is 4.38. The molecule has 0 saturated carbocycles. The van der Waals surface area contributed by atoms with Crippen LogP contribution in [0.15, 0.2) is 33.3 Å². The van der Waals surface area contributed by atoms with Gasteiger partial charge in [0.2, 0.25) is 5.88 Å². The molecule has 0 unspecified atom stereocenters. The van der Waals surface area contributed by atoms with Gasteiger partial charge in [0.15, 0.2) is 0 Å². The molecule has 5 nitrogen and oxygen atoms in total. The van der Waals surface area contributed by atoms with Crippen LogP contribution in [0, 0.1) is 6.92 Å². The van der Waals surface area contributed by atoms with E-state index in [1.54, 1.807) is 19.1 Å². The average Bonchev–Trinajstić information content (AvgIpc) is 2.62. The molecule has 88 valence electrons. The molecule has 0 atom stereocenters. The first-order chi connectivity index (χ1) is 8.08. The molecule has 0 fully saturated rings. The number of amides is 1. The van der Waals surface area contributed by atoms with Crippen LogP contribution in [0.1, 0.15) is 16.1 Å². The first kappa shape index (κ1) is 11.7. The Hall–Kier alpha value is -1.82. The molecule has 0 saturated heterocycles. The van der Waals surface area contributed by atoms with E-state index in [1.807, 2.05) is 12.1 Å². The van der Waals surface area contributed by atoms with E-state index in [9.17, 15) is 4.79 Å². The summed E-state index contributed by atoms with van der Waals surface area (Å²) >= 11 is 3.32. The fourth-order valence-electron chi connectivity index (χ4n) is 1.39. The fourth-order valence-corrected chi connectivity index (χ4v) is 1.65. The number of nitrogen functional groups attached to an aromatic ring is 1. The van der Waals surface area contributed by atoms with E-state index in [0.717, 1.165) is 4.47 Å². The van der Waals surface area contributed by atoms with Gasteiger partial charge in [-0.15, -0.1) is 0 Å². The average molecular weight is 296 g/mol. The normalized spacial score (nSPS) is 10.2. The summed E-state index contributed by atoms with van der Waals surface area (Å²) < 4.78 is 5.67. The molecular formula is C11H10BrN3O2. The molecule has 0 aliphatic heterocycles. The predicted octanol–water partition coefficient (Wildman–Crippen LogP) is 2.58. The molecule has 0 bridgehead atoms. The summed E-state index contributed by atoms with van der Waals surface area (Å²) in [6.07, 6.45) is 0. The number of hydrogen-bond acceptors (Lipinski definition) is 4. The van der Waals surface area contributed by atoms with E-state index in [1.165, 1.54) is 0 Å². The second-order valence-electron chi connectivity index (χ2n) is 3.47. The number of benzene rings is 1. The minimum Gasteiger partial charge on any atom is -0.367 e. The highest BCUT2D eigenvalue weighted by atomic mass is 79.9. The van der Waals surface area contributed by atoms with Gasteiger partial charge in [-0.25, -0.2) is 0 Å². The molecule has 0 spiro atoms. The monoisotopic (exact) mass is 295 g/mol. The summed E-state index contributed by atoms with van der Waals surface area (Å²) in [5, 5.41) is 6.34. The highest BCUT2D eigenvalue weighted by Gasteiger charge is 2.18. The maximum absolute atomic E-state index is 11.9. The molecular weight excluding hydrogens is 286 g/mol. The maximum atomic E-state index is 11.9. The number of carbonyl (C=O) groups excluding carboxylic acids is 1. The summed E-state index contributed by atoms with van der Waals surface area (Å²) in [6, 6.07) is 7.22. The molecule has 0 radical (unpaired) electrons. The van der Waals surface area contributed by atoms with Crippen molar-refractivity contribution in [3.05, 3.63) is 40.0 Å². The maximum Gasteiger partial charge on any atom is 0.263 e. The number of aryl methyl sites for hydroxylation is 1. The van der Waals surface area contributed by atoms with Gasteiger partial charge in [-0.05, 0) is 31.2 Å². The van der Waals surface area contributed by atoms with Crippen LogP contribution in [0.2, 0.25) is 0 Å². The summed E-state index contributed by atoms with van der Waals surface area (Å²) in [5.41, 5.74) is 6.94. The van der Waals surface area contributed by atoms with Gasteiger partial charge in [-0.2, -0.15) is 0 Å². The summed E-state index contributed by atoms with van der Waals surface area (Å²) in [6.45, 7) is 1.66. The van der Waals surface area contributed by atoms with Gasteiger partial charge < -0.3 is 15.6 Å². The van der Waals surface area contributed by atoms with Crippen LogP contribution in [0.5, 0.6) is 0 Å². The van der Waals surface area contributed by atoms with Gasteiger partial charge in [0.05, 0.1) is 5.69 Å². The number of hydrogen-bond donors (Lipinski definition) is 2. The first-order valence-electron chi connectivity index (χ1n) is 4.86. The third kappa shape index (κ3) is 2.47. The lowest BCUT2D eigenvalue weighted by Gasteiger charge is -2.04. The Morgan fingerprint density at radius 3 is 2.59 bits per heavy atom. The smallest absolute Gasteiger partial charge is 0.263 e. The number of anilines is 2. The first-order valence-corrected chi connectivity index (χ1v) is 5.66. The molecule has 2 rings (SSSR count). The molecule has 6 heteroatoms. The minimum atomic E-state index is -0.330. The van der Waals surface area contributed by atoms with E-state index in [0.29, 0.717) is 11.4 Å². The van der Waals surface area contributed by atoms with Crippen LogP contribution < -0.4 is 11.1 Å².